The molecule has 11 heavy (non-hydrogen) atoms. The Bertz CT molecular complexity index is 86.5. The van der Waals surface area contributed by atoms with Crippen LogP contribution in [0.1, 0.15) is 13.8 Å². The van der Waals surface area contributed by atoms with Gasteiger partial charge in [-0.3, -0.25) is 0 Å². The van der Waals surface area contributed by atoms with E-state index in [1.807, 2.05) is 0 Å². The van der Waals surface area contributed by atoms with Crippen molar-refractivity contribution in [3.8, 4) is 0 Å². The van der Waals surface area contributed by atoms with E-state index in [4.69, 9.17) is 4.74 Å². The van der Waals surface area contributed by atoms with E-state index in [1.54, 1.807) is 0 Å². The number of alkyl halides is 2. The highest BCUT2D eigenvalue weighted by Gasteiger charge is 2.00. The van der Waals surface area contributed by atoms with E-state index in [9.17, 15) is 0 Å². The average Bonchev–Trinajstić information content (AvgIpc) is 1.98. The van der Waals surface area contributed by atoms with Crippen molar-refractivity contribution in [1.29, 1.82) is 0 Å². The maximum absolute atomic E-state index is 5.41. The molecule has 0 aliphatic heterocycles. The van der Waals surface area contributed by atoms with E-state index in [0.29, 0.717) is 2.12 Å². The van der Waals surface area contributed by atoms with Crippen LogP contribution in [0.15, 0.2) is 0 Å². The molecule has 0 N–H and O–H groups in total. The predicted molar refractivity (Wildman–Crippen MR) is 65.6 cm³/mol. The molecule has 68 valence electrons. The maximum Gasteiger partial charge on any atom is 0.159 e. The minimum atomic E-state index is 0.306. The van der Waals surface area contributed by atoms with Crippen LogP contribution in [-0.4, -0.2) is 33.3 Å². The molecule has 0 unspecified atom stereocenters. The summed E-state index contributed by atoms with van der Waals surface area (Å²) in [6.07, 6.45) is 0. The highest BCUT2D eigenvalue weighted by molar-refractivity contribution is 14.2. The lowest BCUT2D eigenvalue weighted by molar-refractivity contribution is 0.141. The summed E-state index contributed by atoms with van der Waals surface area (Å²) < 4.78 is 5.71. The van der Waals surface area contributed by atoms with Gasteiger partial charge in [0.05, 0.1) is 6.61 Å². The van der Waals surface area contributed by atoms with Crippen LogP contribution < -0.4 is 0 Å². The predicted octanol–water partition coefficient (Wildman–Crippen LogP) is 2.50. The molecule has 0 aliphatic rings. The molecule has 0 aliphatic carbocycles. The first-order chi connectivity index (χ1) is 5.20. The third kappa shape index (κ3) is 7.73. The summed E-state index contributed by atoms with van der Waals surface area (Å²) >= 11 is 4.52. The van der Waals surface area contributed by atoms with Crippen LogP contribution in [0.2, 0.25) is 0 Å². The first-order valence-corrected chi connectivity index (χ1v) is 6.31. The van der Waals surface area contributed by atoms with Gasteiger partial charge in [-0.25, -0.2) is 0 Å². The standard InChI is InChI=1S/C7H15I2NO/c1-3-10(4-2)5-6-11-7(8)9/h7H,3-6H2,1-2H3. The van der Waals surface area contributed by atoms with Crippen LogP contribution >= 0.6 is 45.2 Å². The number of likely N-dealkylation sites (N-methyl/N-ethyl adjacent to an activating group) is 1. The molecule has 0 heterocycles. The number of nitrogens with zero attached hydrogens (tertiary/aromatic N) is 1. The molecule has 0 aromatic rings. The van der Waals surface area contributed by atoms with Crippen molar-refractivity contribution in [2.24, 2.45) is 0 Å². The Morgan fingerprint density at radius 3 is 2.18 bits per heavy atom. The summed E-state index contributed by atoms with van der Waals surface area (Å²) in [7, 11) is 0. The van der Waals surface area contributed by atoms with E-state index < -0.39 is 0 Å². The first kappa shape index (κ1) is 12.4. The van der Waals surface area contributed by atoms with Crippen molar-refractivity contribution in [2.45, 2.75) is 16.0 Å². The quantitative estimate of drug-likeness (QED) is 0.517. The molecule has 2 nitrogen and oxygen atoms in total. The van der Waals surface area contributed by atoms with Crippen LogP contribution in [0, 0.1) is 0 Å². The van der Waals surface area contributed by atoms with Gasteiger partial charge in [-0.05, 0) is 58.3 Å². The van der Waals surface area contributed by atoms with Gasteiger partial charge in [0.25, 0.3) is 0 Å². The molecule has 0 saturated carbocycles. The van der Waals surface area contributed by atoms with Gasteiger partial charge in [-0.2, -0.15) is 0 Å². The smallest absolute Gasteiger partial charge is 0.159 e. The summed E-state index contributed by atoms with van der Waals surface area (Å²) in [4.78, 5) is 2.36. The number of halogens is 2. The Hall–Kier alpha value is 1.38. The third-order valence-electron chi connectivity index (χ3n) is 1.55. The van der Waals surface area contributed by atoms with Crippen LogP contribution in [0.3, 0.4) is 0 Å². The third-order valence-corrected chi connectivity index (χ3v) is 2.26. The minimum Gasteiger partial charge on any atom is -0.357 e. The van der Waals surface area contributed by atoms with Crippen molar-refractivity contribution in [1.82, 2.24) is 4.90 Å². The second-order valence-corrected chi connectivity index (χ2v) is 6.80. The van der Waals surface area contributed by atoms with E-state index in [2.05, 4.69) is 63.9 Å². The topological polar surface area (TPSA) is 12.5 Å². The van der Waals surface area contributed by atoms with E-state index >= 15 is 0 Å². The summed E-state index contributed by atoms with van der Waals surface area (Å²) in [5.74, 6) is 0. The van der Waals surface area contributed by atoms with Gasteiger partial charge in [0, 0.05) is 6.54 Å². The lowest BCUT2D eigenvalue weighted by atomic mass is 10.5. The fourth-order valence-electron chi connectivity index (χ4n) is 0.811. The van der Waals surface area contributed by atoms with E-state index in [-0.39, 0.29) is 0 Å². The largest absolute Gasteiger partial charge is 0.357 e. The molecule has 0 amide bonds. The number of hydrogen-bond acceptors (Lipinski definition) is 2. The van der Waals surface area contributed by atoms with Crippen LogP contribution in [-0.2, 0) is 4.74 Å². The molecule has 0 fully saturated rings. The zero-order valence-electron chi connectivity index (χ0n) is 7.02. The summed E-state index contributed by atoms with van der Waals surface area (Å²) in [5, 5.41) is 0. The average molecular weight is 383 g/mol. The van der Waals surface area contributed by atoms with Crippen molar-refractivity contribution in [3.63, 3.8) is 0 Å². The molecular formula is C7H15I2NO. The zero-order chi connectivity index (χ0) is 8.69. The van der Waals surface area contributed by atoms with Crippen molar-refractivity contribution >= 4 is 45.2 Å². The molecule has 0 aromatic carbocycles. The highest BCUT2D eigenvalue weighted by Crippen LogP contribution is 2.10. The van der Waals surface area contributed by atoms with E-state index in [1.165, 1.54) is 0 Å². The Morgan fingerprint density at radius 2 is 1.82 bits per heavy atom. The molecule has 0 saturated heterocycles. The van der Waals surface area contributed by atoms with Crippen molar-refractivity contribution in [3.05, 3.63) is 0 Å². The fraction of sp³-hybridized carbons (Fsp3) is 1.00. The molecule has 0 atom stereocenters. The van der Waals surface area contributed by atoms with Gasteiger partial charge >= 0.3 is 0 Å². The highest BCUT2D eigenvalue weighted by atomic mass is 127. The normalized spacial score (nSPS) is 11.5. The van der Waals surface area contributed by atoms with Crippen LogP contribution in [0.4, 0.5) is 0 Å². The lowest BCUT2D eigenvalue weighted by Crippen LogP contribution is -2.27. The lowest BCUT2D eigenvalue weighted by Gasteiger charge is -2.17. The number of ether oxygens (including phenoxy) is 1. The first-order valence-electron chi connectivity index (χ1n) is 3.82. The minimum absolute atomic E-state index is 0.306. The zero-order valence-corrected chi connectivity index (χ0v) is 11.3. The second-order valence-electron chi connectivity index (χ2n) is 2.16. The summed E-state index contributed by atoms with van der Waals surface area (Å²) in [6, 6.07) is 0. The molecule has 0 rings (SSSR count). The van der Waals surface area contributed by atoms with Crippen molar-refractivity contribution in [2.75, 3.05) is 26.2 Å². The van der Waals surface area contributed by atoms with Gasteiger partial charge < -0.3 is 9.64 Å². The fourth-order valence-corrected chi connectivity index (χ4v) is 1.32. The van der Waals surface area contributed by atoms with Crippen molar-refractivity contribution < 1.29 is 4.74 Å². The van der Waals surface area contributed by atoms with Gasteiger partial charge in [0.2, 0.25) is 0 Å². The Balaban J connectivity index is 3.21. The second kappa shape index (κ2) is 8.00. The van der Waals surface area contributed by atoms with Crippen LogP contribution in [0.5, 0.6) is 0 Å². The maximum atomic E-state index is 5.41. The van der Waals surface area contributed by atoms with Gasteiger partial charge in [0.1, 0.15) is 0 Å². The van der Waals surface area contributed by atoms with E-state index in [0.717, 1.165) is 26.2 Å². The summed E-state index contributed by atoms with van der Waals surface area (Å²) in [5.41, 5.74) is 0. The Kier molecular flexibility index (Phi) is 9.00. The van der Waals surface area contributed by atoms with Gasteiger partial charge in [-0.15, -0.1) is 0 Å². The Labute approximate surface area is 96.3 Å². The Morgan fingerprint density at radius 1 is 1.27 bits per heavy atom. The molecular weight excluding hydrogens is 368 g/mol. The van der Waals surface area contributed by atoms with Gasteiger partial charge in [-0.1, -0.05) is 13.8 Å². The molecule has 0 radical (unpaired) electrons. The SMILES string of the molecule is CCN(CC)CCOC(I)I. The molecule has 0 aromatic heterocycles. The van der Waals surface area contributed by atoms with Gasteiger partial charge in [0.15, 0.2) is 2.12 Å². The number of hydrogen-bond donors (Lipinski definition) is 0. The number of rotatable bonds is 6. The summed E-state index contributed by atoms with van der Waals surface area (Å²) in [6.45, 7) is 8.48. The molecule has 0 spiro atoms. The molecule has 4 heteroatoms. The monoisotopic (exact) mass is 383 g/mol. The molecule has 0 bridgehead atoms. The van der Waals surface area contributed by atoms with Crippen LogP contribution in [0.25, 0.3) is 0 Å².